The summed E-state index contributed by atoms with van der Waals surface area (Å²) >= 11 is 0. The fraction of sp³-hybridized carbons (Fsp3) is 0.933. The lowest BCUT2D eigenvalue weighted by Gasteiger charge is -2.29. The van der Waals surface area contributed by atoms with Crippen LogP contribution in [0.15, 0.2) is 0 Å². The molecular weight excluding hydrogens is 212 g/mol. The molecule has 0 fully saturated rings. The Labute approximate surface area is 107 Å². The van der Waals surface area contributed by atoms with Crippen LogP contribution < -0.4 is 0 Å². The monoisotopic (exact) mass is 242 g/mol. The lowest BCUT2D eigenvalue weighted by atomic mass is 9.92. The van der Waals surface area contributed by atoms with Crippen LogP contribution >= 0.6 is 0 Å². The molecule has 0 saturated carbocycles. The predicted molar refractivity (Wildman–Crippen MR) is 73.3 cm³/mol. The minimum absolute atomic E-state index is 0.0103. The highest BCUT2D eigenvalue weighted by atomic mass is 16.5. The van der Waals surface area contributed by atoms with Crippen molar-refractivity contribution in [3.8, 4) is 0 Å². The van der Waals surface area contributed by atoms with Crippen molar-refractivity contribution in [1.82, 2.24) is 0 Å². The Balaban J connectivity index is 3.79. The molecule has 0 aromatic carbocycles. The quantitative estimate of drug-likeness (QED) is 0.397. The first-order valence-corrected chi connectivity index (χ1v) is 7.15. The van der Waals surface area contributed by atoms with Crippen LogP contribution in [-0.4, -0.2) is 18.5 Å². The number of hydrogen-bond donors (Lipinski definition) is 0. The maximum Gasteiger partial charge on any atom is 0.120 e. The van der Waals surface area contributed by atoms with E-state index in [2.05, 4.69) is 27.7 Å². The Morgan fingerprint density at radius 2 is 2.00 bits per heavy atom. The second kappa shape index (κ2) is 9.64. The molecule has 0 rings (SSSR count). The number of carbonyl (C=O) groups is 1. The number of hydrogen-bond acceptors (Lipinski definition) is 2. The highest BCUT2D eigenvalue weighted by Gasteiger charge is 2.22. The molecule has 102 valence electrons. The Morgan fingerprint density at radius 1 is 1.29 bits per heavy atom. The van der Waals surface area contributed by atoms with Gasteiger partial charge in [-0.3, -0.25) is 0 Å². The van der Waals surface area contributed by atoms with Gasteiger partial charge in [0.25, 0.3) is 0 Å². The Morgan fingerprint density at radius 3 is 2.53 bits per heavy atom. The van der Waals surface area contributed by atoms with Gasteiger partial charge in [0.05, 0.1) is 5.60 Å². The second-order valence-electron chi connectivity index (χ2n) is 5.37. The van der Waals surface area contributed by atoms with E-state index in [0.29, 0.717) is 13.0 Å². The summed E-state index contributed by atoms with van der Waals surface area (Å²) in [5.41, 5.74) is 0.0103. The van der Waals surface area contributed by atoms with Gasteiger partial charge in [-0.25, -0.2) is 0 Å². The molecule has 0 radical (unpaired) electrons. The van der Waals surface area contributed by atoms with Crippen LogP contribution in [0.25, 0.3) is 0 Å². The van der Waals surface area contributed by atoms with Gasteiger partial charge >= 0.3 is 0 Å². The minimum atomic E-state index is 0.0103. The van der Waals surface area contributed by atoms with E-state index in [-0.39, 0.29) is 5.60 Å². The molecule has 2 heteroatoms. The van der Waals surface area contributed by atoms with E-state index in [1.807, 2.05) is 0 Å². The summed E-state index contributed by atoms with van der Waals surface area (Å²) in [7, 11) is 0. The van der Waals surface area contributed by atoms with Crippen molar-refractivity contribution in [2.24, 2.45) is 5.92 Å². The van der Waals surface area contributed by atoms with E-state index in [9.17, 15) is 4.79 Å². The molecule has 0 saturated heterocycles. The van der Waals surface area contributed by atoms with Gasteiger partial charge in [0.2, 0.25) is 0 Å². The lowest BCUT2D eigenvalue weighted by molar-refractivity contribution is -0.108. The lowest BCUT2D eigenvalue weighted by Crippen LogP contribution is -2.28. The van der Waals surface area contributed by atoms with E-state index in [0.717, 1.165) is 31.5 Å². The van der Waals surface area contributed by atoms with Gasteiger partial charge in [-0.05, 0) is 32.1 Å². The van der Waals surface area contributed by atoms with Crippen molar-refractivity contribution in [3.05, 3.63) is 0 Å². The summed E-state index contributed by atoms with van der Waals surface area (Å²) in [5.74, 6) is 0.825. The molecule has 2 atom stereocenters. The van der Waals surface area contributed by atoms with Gasteiger partial charge in [-0.1, -0.05) is 40.0 Å². The van der Waals surface area contributed by atoms with E-state index in [4.69, 9.17) is 4.74 Å². The Hall–Kier alpha value is -0.370. The molecule has 0 bridgehead atoms. The molecule has 17 heavy (non-hydrogen) atoms. The molecule has 0 N–H and O–H groups in total. The topological polar surface area (TPSA) is 26.3 Å². The number of ether oxygens (including phenoxy) is 1. The third kappa shape index (κ3) is 8.37. The highest BCUT2D eigenvalue weighted by molar-refractivity contribution is 5.48. The van der Waals surface area contributed by atoms with Crippen LogP contribution in [-0.2, 0) is 9.53 Å². The predicted octanol–water partition coefficient (Wildman–Crippen LogP) is 4.37. The molecule has 0 aliphatic heterocycles. The van der Waals surface area contributed by atoms with Crippen molar-refractivity contribution in [1.29, 1.82) is 0 Å². The fourth-order valence-electron chi connectivity index (χ4n) is 1.86. The first-order chi connectivity index (χ1) is 8.08. The first-order valence-electron chi connectivity index (χ1n) is 7.15. The molecule has 2 unspecified atom stereocenters. The van der Waals surface area contributed by atoms with E-state index in [1.54, 1.807) is 0 Å². The third-order valence-electron chi connectivity index (χ3n) is 3.76. The van der Waals surface area contributed by atoms with Gasteiger partial charge in [-0.2, -0.15) is 0 Å². The number of aldehydes is 1. The third-order valence-corrected chi connectivity index (χ3v) is 3.76. The van der Waals surface area contributed by atoms with Crippen molar-refractivity contribution in [3.63, 3.8) is 0 Å². The van der Waals surface area contributed by atoms with Crippen LogP contribution in [0.5, 0.6) is 0 Å². The second-order valence-corrected chi connectivity index (χ2v) is 5.37. The average molecular weight is 242 g/mol. The van der Waals surface area contributed by atoms with E-state index >= 15 is 0 Å². The standard InChI is InChI=1S/C15H30O2/c1-5-14(3)10-9-11-15(4,6-2)17-13-8-7-12-16/h12,14H,5-11,13H2,1-4H3. The summed E-state index contributed by atoms with van der Waals surface area (Å²) in [4.78, 5) is 10.2. The summed E-state index contributed by atoms with van der Waals surface area (Å²) in [6.45, 7) is 9.66. The van der Waals surface area contributed by atoms with Crippen LogP contribution in [0.3, 0.4) is 0 Å². The summed E-state index contributed by atoms with van der Waals surface area (Å²) < 4.78 is 5.94. The molecule has 0 aromatic heterocycles. The van der Waals surface area contributed by atoms with Crippen molar-refractivity contribution in [2.45, 2.75) is 78.2 Å². The molecule has 0 aliphatic rings. The van der Waals surface area contributed by atoms with Crippen LogP contribution in [0.1, 0.15) is 72.6 Å². The van der Waals surface area contributed by atoms with E-state index < -0.39 is 0 Å². The maximum absolute atomic E-state index is 10.2. The summed E-state index contributed by atoms with van der Waals surface area (Å²) in [5, 5.41) is 0. The molecule has 0 spiro atoms. The van der Waals surface area contributed by atoms with E-state index in [1.165, 1.54) is 19.3 Å². The zero-order valence-corrected chi connectivity index (χ0v) is 12.1. The van der Waals surface area contributed by atoms with Crippen molar-refractivity contribution < 1.29 is 9.53 Å². The SMILES string of the molecule is CCC(C)CCCC(C)(CC)OCCCC=O. The van der Waals surface area contributed by atoms with Crippen molar-refractivity contribution in [2.75, 3.05) is 6.61 Å². The molecule has 0 aromatic rings. The molecule has 2 nitrogen and oxygen atoms in total. The van der Waals surface area contributed by atoms with Gasteiger partial charge in [0.1, 0.15) is 6.29 Å². The van der Waals surface area contributed by atoms with Crippen LogP contribution in [0, 0.1) is 5.92 Å². The highest BCUT2D eigenvalue weighted by Crippen LogP contribution is 2.24. The zero-order valence-electron chi connectivity index (χ0n) is 12.1. The molecule has 0 aliphatic carbocycles. The zero-order chi connectivity index (χ0) is 13.1. The largest absolute Gasteiger partial charge is 0.375 e. The smallest absolute Gasteiger partial charge is 0.120 e. The molecular formula is C15H30O2. The first kappa shape index (κ1) is 16.6. The summed E-state index contributed by atoms with van der Waals surface area (Å²) in [6.07, 6.45) is 8.43. The molecule has 0 heterocycles. The maximum atomic E-state index is 10.2. The van der Waals surface area contributed by atoms with Gasteiger partial charge in [0.15, 0.2) is 0 Å². The normalized spacial score (nSPS) is 16.5. The van der Waals surface area contributed by atoms with Crippen molar-refractivity contribution >= 4 is 6.29 Å². The minimum Gasteiger partial charge on any atom is -0.375 e. The van der Waals surface area contributed by atoms with Gasteiger partial charge < -0.3 is 9.53 Å². The summed E-state index contributed by atoms with van der Waals surface area (Å²) in [6, 6.07) is 0. The average Bonchev–Trinajstić information content (AvgIpc) is 2.34. The van der Waals surface area contributed by atoms with Crippen LogP contribution in [0.2, 0.25) is 0 Å². The fourth-order valence-corrected chi connectivity index (χ4v) is 1.86. The molecule has 0 amide bonds. The number of carbonyl (C=O) groups excluding carboxylic acids is 1. The van der Waals surface area contributed by atoms with Gasteiger partial charge in [-0.15, -0.1) is 0 Å². The van der Waals surface area contributed by atoms with Gasteiger partial charge in [0, 0.05) is 13.0 Å². The number of rotatable bonds is 11. The Bertz CT molecular complexity index is 191. The Kier molecular flexibility index (Phi) is 9.43. The van der Waals surface area contributed by atoms with Crippen LogP contribution in [0.4, 0.5) is 0 Å². The number of unbranched alkanes of at least 4 members (excludes halogenated alkanes) is 1.